The molecule has 0 saturated heterocycles. The molecule has 0 heterocycles. The second-order valence-corrected chi connectivity index (χ2v) is 4.51. The van der Waals surface area contributed by atoms with Crippen molar-refractivity contribution in [3.8, 4) is 0 Å². The summed E-state index contributed by atoms with van der Waals surface area (Å²) in [5.41, 5.74) is 0.619. The van der Waals surface area contributed by atoms with Gasteiger partial charge in [0.25, 0.3) is 0 Å². The Morgan fingerprint density at radius 1 is 1.30 bits per heavy atom. The first-order valence-electron chi connectivity index (χ1n) is 4.30. The van der Waals surface area contributed by atoms with Crippen molar-refractivity contribution < 1.29 is 0 Å². The summed E-state index contributed by atoms with van der Waals surface area (Å²) in [6.45, 7) is 7.16. The molecule has 0 N–H and O–H groups in total. The van der Waals surface area contributed by atoms with E-state index in [4.69, 9.17) is 0 Å². The lowest BCUT2D eigenvalue weighted by Crippen LogP contribution is -2.49. The van der Waals surface area contributed by atoms with Crippen LogP contribution in [0, 0.1) is 23.2 Å². The molecule has 2 unspecified atom stereocenters. The van der Waals surface area contributed by atoms with Crippen LogP contribution in [0.2, 0.25) is 0 Å². The van der Waals surface area contributed by atoms with Crippen LogP contribution in [0.25, 0.3) is 0 Å². The highest BCUT2D eigenvalue weighted by molar-refractivity contribution is 5.15. The van der Waals surface area contributed by atoms with Crippen molar-refractivity contribution >= 4 is 0 Å². The molecule has 3 atom stereocenters. The van der Waals surface area contributed by atoms with Gasteiger partial charge in [-0.25, -0.2) is 0 Å². The maximum atomic E-state index is 2.42. The van der Waals surface area contributed by atoms with E-state index < -0.39 is 0 Å². The fourth-order valence-electron chi connectivity index (χ4n) is 2.66. The van der Waals surface area contributed by atoms with E-state index in [1.165, 1.54) is 6.42 Å². The minimum absolute atomic E-state index is 0.619. The first-order valence-corrected chi connectivity index (χ1v) is 4.30. The van der Waals surface area contributed by atoms with Crippen LogP contribution in [-0.4, -0.2) is 0 Å². The van der Waals surface area contributed by atoms with Crippen molar-refractivity contribution in [2.45, 2.75) is 27.2 Å². The summed E-state index contributed by atoms with van der Waals surface area (Å²) in [6, 6.07) is 0. The summed E-state index contributed by atoms with van der Waals surface area (Å²) < 4.78 is 0. The Labute approximate surface area is 63.3 Å². The van der Waals surface area contributed by atoms with Gasteiger partial charge in [0.2, 0.25) is 0 Å². The molecule has 1 saturated carbocycles. The van der Waals surface area contributed by atoms with Crippen LogP contribution >= 0.6 is 0 Å². The molecule has 56 valence electrons. The van der Waals surface area contributed by atoms with Gasteiger partial charge in [-0.05, 0) is 29.6 Å². The Morgan fingerprint density at radius 3 is 2.30 bits per heavy atom. The topological polar surface area (TPSA) is 0 Å². The van der Waals surface area contributed by atoms with Crippen molar-refractivity contribution in [2.24, 2.45) is 23.2 Å². The minimum Gasteiger partial charge on any atom is -0.0851 e. The molecule has 0 radical (unpaired) electrons. The average molecular weight is 136 g/mol. The quantitative estimate of drug-likeness (QED) is 0.449. The molecule has 0 aliphatic heterocycles. The highest BCUT2D eigenvalue weighted by Crippen LogP contribution is 2.58. The van der Waals surface area contributed by atoms with Crippen LogP contribution in [0.3, 0.4) is 0 Å². The first kappa shape index (κ1) is 6.45. The van der Waals surface area contributed by atoms with Gasteiger partial charge < -0.3 is 0 Å². The van der Waals surface area contributed by atoms with E-state index in [9.17, 15) is 0 Å². The second-order valence-electron chi connectivity index (χ2n) is 4.51. The van der Waals surface area contributed by atoms with Crippen molar-refractivity contribution in [3.63, 3.8) is 0 Å². The maximum Gasteiger partial charge on any atom is -0.0176 e. The molecule has 0 aromatic rings. The molecular weight excluding hydrogens is 120 g/mol. The summed E-state index contributed by atoms with van der Waals surface area (Å²) in [6.07, 6.45) is 6.26. The van der Waals surface area contributed by atoms with Crippen molar-refractivity contribution in [3.05, 3.63) is 12.2 Å². The third-order valence-corrected chi connectivity index (χ3v) is 3.70. The molecule has 0 spiro atoms. The maximum absolute atomic E-state index is 2.42. The normalized spacial score (nSPS) is 48.5. The Morgan fingerprint density at radius 2 is 2.00 bits per heavy atom. The summed E-state index contributed by atoms with van der Waals surface area (Å²) in [7, 11) is 0. The van der Waals surface area contributed by atoms with Crippen LogP contribution in [0.5, 0.6) is 0 Å². The van der Waals surface area contributed by atoms with Gasteiger partial charge in [-0.15, -0.1) is 0 Å². The highest BCUT2D eigenvalue weighted by Gasteiger charge is 2.50. The SMILES string of the molecule is CC1C=CC2C[C@@H]1C2(C)C. The molecule has 3 aliphatic carbocycles. The summed E-state index contributed by atoms with van der Waals surface area (Å²) in [5.74, 6) is 2.70. The molecule has 0 amide bonds. The molecule has 1 fully saturated rings. The van der Waals surface area contributed by atoms with Gasteiger partial charge in [0.05, 0.1) is 0 Å². The molecular formula is C10H16. The zero-order chi connectivity index (χ0) is 7.35. The standard InChI is InChI=1S/C10H16/c1-7-4-5-8-6-9(7)10(8,2)3/h4-5,7-9H,6H2,1-3H3/t7?,8?,9-/m0/s1. The van der Waals surface area contributed by atoms with Gasteiger partial charge in [0.1, 0.15) is 0 Å². The zero-order valence-corrected chi connectivity index (χ0v) is 7.09. The van der Waals surface area contributed by atoms with E-state index in [0.29, 0.717) is 5.41 Å². The molecule has 10 heavy (non-hydrogen) atoms. The van der Waals surface area contributed by atoms with Gasteiger partial charge in [-0.1, -0.05) is 32.9 Å². The molecule has 0 heteroatoms. The van der Waals surface area contributed by atoms with E-state index in [1.807, 2.05) is 0 Å². The van der Waals surface area contributed by atoms with E-state index in [0.717, 1.165) is 17.8 Å². The van der Waals surface area contributed by atoms with E-state index >= 15 is 0 Å². The van der Waals surface area contributed by atoms with Crippen LogP contribution in [-0.2, 0) is 0 Å². The number of hydrogen-bond acceptors (Lipinski definition) is 0. The molecule has 0 aromatic heterocycles. The van der Waals surface area contributed by atoms with Crippen LogP contribution in [0.1, 0.15) is 27.2 Å². The number of hydrogen-bond donors (Lipinski definition) is 0. The molecule has 3 aliphatic rings. The van der Waals surface area contributed by atoms with Gasteiger partial charge in [0, 0.05) is 0 Å². The van der Waals surface area contributed by atoms with E-state index in [1.54, 1.807) is 0 Å². The first-order chi connectivity index (χ1) is 4.62. The van der Waals surface area contributed by atoms with Crippen LogP contribution in [0.15, 0.2) is 12.2 Å². The van der Waals surface area contributed by atoms with Gasteiger partial charge in [-0.3, -0.25) is 0 Å². The number of rotatable bonds is 0. The zero-order valence-electron chi connectivity index (χ0n) is 7.09. The Hall–Kier alpha value is -0.260. The monoisotopic (exact) mass is 136 g/mol. The summed E-state index contributed by atoms with van der Waals surface area (Å²) in [5, 5.41) is 0. The largest absolute Gasteiger partial charge is 0.0851 e. The second kappa shape index (κ2) is 1.66. The Balaban J connectivity index is 2.28. The minimum atomic E-state index is 0.619. The van der Waals surface area contributed by atoms with Gasteiger partial charge in [-0.2, -0.15) is 0 Å². The van der Waals surface area contributed by atoms with E-state index in [2.05, 4.69) is 32.9 Å². The third-order valence-electron chi connectivity index (χ3n) is 3.70. The lowest BCUT2D eigenvalue weighted by molar-refractivity contribution is -0.0258. The van der Waals surface area contributed by atoms with Crippen molar-refractivity contribution in [2.75, 3.05) is 0 Å². The van der Waals surface area contributed by atoms with Crippen molar-refractivity contribution in [1.82, 2.24) is 0 Å². The predicted octanol–water partition coefficient (Wildman–Crippen LogP) is 2.85. The lowest BCUT2D eigenvalue weighted by Gasteiger charge is -2.56. The van der Waals surface area contributed by atoms with Crippen LogP contribution < -0.4 is 0 Å². The third kappa shape index (κ3) is 0.574. The predicted molar refractivity (Wildman–Crippen MR) is 43.7 cm³/mol. The molecule has 0 aromatic carbocycles. The molecule has 0 nitrogen and oxygen atoms in total. The average Bonchev–Trinajstić information content (AvgIpc) is 1.87. The molecule has 2 bridgehead atoms. The smallest absolute Gasteiger partial charge is 0.0176 e. The van der Waals surface area contributed by atoms with Crippen molar-refractivity contribution in [1.29, 1.82) is 0 Å². The van der Waals surface area contributed by atoms with Gasteiger partial charge >= 0.3 is 0 Å². The van der Waals surface area contributed by atoms with Gasteiger partial charge in [0.15, 0.2) is 0 Å². The fourth-order valence-corrected chi connectivity index (χ4v) is 2.66. The Bertz CT molecular complexity index is 176. The fraction of sp³-hybridized carbons (Fsp3) is 0.800. The summed E-state index contributed by atoms with van der Waals surface area (Å²) in [4.78, 5) is 0. The number of allylic oxidation sites excluding steroid dienone is 2. The van der Waals surface area contributed by atoms with E-state index in [-0.39, 0.29) is 0 Å². The highest BCUT2D eigenvalue weighted by atomic mass is 14.5. The van der Waals surface area contributed by atoms with Crippen LogP contribution in [0.4, 0.5) is 0 Å². The lowest BCUT2D eigenvalue weighted by atomic mass is 9.48. The summed E-state index contributed by atoms with van der Waals surface area (Å²) >= 11 is 0. The molecule has 3 rings (SSSR count). The number of fused-ring (bicyclic) bond motifs is 1. The Kier molecular flexibility index (Phi) is 1.07.